The van der Waals surface area contributed by atoms with Crippen molar-refractivity contribution in [3.05, 3.63) is 107 Å². The lowest BCUT2D eigenvalue weighted by Crippen LogP contribution is -2.46. The molecule has 0 fully saturated rings. The Morgan fingerprint density at radius 1 is 0.722 bits per heavy atom. The van der Waals surface area contributed by atoms with Crippen LogP contribution >= 0.6 is 0 Å². The molecule has 0 aromatic heterocycles. The van der Waals surface area contributed by atoms with Crippen molar-refractivity contribution >= 4 is 23.7 Å². The molecular weight excluding hydrogens is 473 g/mol. The Hall–Kier alpha value is -4.45. The number of hydrogen-bond donors (Lipinski definition) is 0. The number of alkyl halides is 3. The summed E-state index contributed by atoms with van der Waals surface area (Å²) in [6, 6.07) is 25.5. The van der Waals surface area contributed by atoms with E-state index in [0.717, 1.165) is 22.6 Å². The second-order valence-electron chi connectivity index (χ2n) is 7.69. The Labute approximate surface area is 206 Å². The molecule has 1 heterocycles. The average molecular weight is 496 g/mol. The van der Waals surface area contributed by atoms with Gasteiger partial charge < -0.3 is 9.80 Å². The molecule has 0 bridgehead atoms. The van der Waals surface area contributed by atoms with E-state index in [-0.39, 0.29) is 18.5 Å². The van der Waals surface area contributed by atoms with Crippen LogP contribution < -0.4 is 9.80 Å². The number of nitrogens with zero attached hydrogens (tertiary/aromatic N) is 2. The van der Waals surface area contributed by atoms with Crippen molar-refractivity contribution in [2.24, 2.45) is 0 Å². The first kappa shape index (κ1) is 27.8. The maximum absolute atomic E-state index is 13.1. The van der Waals surface area contributed by atoms with Gasteiger partial charge in [-0.1, -0.05) is 48.5 Å². The Bertz CT molecular complexity index is 1200. The van der Waals surface area contributed by atoms with Crippen LogP contribution in [0, 0.1) is 0 Å². The van der Waals surface area contributed by atoms with E-state index in [1.165, 1.54) is 17.7 Å². The van der Waals surface area contributed by atoms with Crippen LogP contribution in [0.4, 0.5) is 24.5 Å². The van der Waals surface area contributed by atoms with E-state index in [4.69, 9.17) is 19.2 Å². The highest BCUT2D eigenvalue weighted by molar-refractivity contribution is 5.63. The van der Waals surface area contributed by atoms with E-state index in [2.05, 4.69) is 23.6 Å². The van der Waals surface area contributed by atoms with Crippen LogP contribution in [0.1, 0.15) is 31.1 Å². The summed E-state index contributed by atoms with van der Waals surface area (Å²) >= 11 is 0. The number of rotatable bonds is 3. The molecule has 0 saturated heterocycles. The van der Waals surface area contributed by atoms with Crippen molar-refractivity contribution in [1.29, 1.82) is 0 Å². The molecule has 9 heteroatoms. The molecule has 4 rings (SSSR count). The molecule has 36 heavy (non-hydrogen) atoms. The van der Waals surface area contributed by atoms with Gasteiger partial charge in [0.05, 0.1) is 5.56 Å². The largest absolute Gasteiger partial charge is 0.416 e. The van der Waals surface area contributed by atoms with E-state index in [9.17, 15) is 13.2 Å². The lowest BCUT2D eigenvalue weighted by Gasteiger charge is -2.47. The van der Waals surface area contributed by atoms with Gasteiger partial charge in [-0.2, -0.15) is 32.3 Å². The van der Waals surface area contributed by atoms with Crippen LogP contribution in [0.3, 0.4) is 0 Å². The molecule has 3 aromatic rings. The van der Waals surface area contributed by atoms with Crippen LogP contribution in [0.2, 0.25) is 0 Å². The Balaban J connectivity index is 0.000000693. The van der Waals surface area contributed by atoms with Gasteiger partial charge in [-0.3, -0.25) is 0 Å². The van der Waals surface area contributed by atoms with Crippen LogP contribution in [-0.2, 0) is 25.4 Å². The molecule has 186 valence electrons. The quantitative estimate of drug-likeness (QED) is 0.452. The third kappa shape index (κ3) is 6.79. The molecule has 0 saturated carbocycles. The second kappa shape index (κ2) is 12.9. The molecule has 1 aliphatic rings. The van der Waals surface area contributed by atoms with Crippen molar-refractivity contribution in [3.8, 4) is 0 Å². The fraction of sp³-hybridized carbons (Fsp3) is 0.185. The smallest absolute Gasteiger partial charge is 0.343 e. The number of para-hydroxylation sites is 2. The van der Waals surface area contributed by atoms with Crippen LogP contribution in [-0.4, -0.2) is 18.8 Å². The Morgan fingerprint density at radius 3 is 1.61 bits per heavy atom. The number of benzene rings is 3. The summed E-state index contributed by atoms with van der Waals surface area (Å²) in [6.45, 7) is 4.87. The lowest BCUT2D eigenvalue weighted by atomic mass is 10.00. The van der Waals surface area contributed by atoms with Gasteiger partial charge >= 0.3 is 18.5 Å². The summed E-state index contributed by atoms with van der Waals surface area (Å²) < 4.78 is 39.4. The van der Waals surface area contributed by atoms with Crippen molar-refractivity contribution in [1.82, 2.24) is 0 Å². The highest BCUT2D eigenvalue weighted by Crippen LogP contribution is 2.41. The summed E-state index contributed by atoms with van der Waals surface area (Å²) in [7, 11) is 0. The van der Waals surface area contributed by atoms with E-state index < -0.39 is 11.7 Å². The summed E-state index contributed by atoms with van der Waals surface area (Å²) in [5.41, 5.74) is 4.52. The number of hydrogen-bond acceptors (Lipinski definition) is 6. The van der Waals surface area contributed by atoms with Gasteiger partial charge in [0, 0.05) is 23.6 Å². The lowest BCUT2D eigenvalue weighted by molar-refractivity contribution is -0.193. The molecule has 0 spiro atoms. The van der Waals surface area contributed by atoms with Crippen molar-refractivity contribution in [3.63, 3.8) is 0 Å². The predicted octanol–water partition coefficient (Wildman–Crippen LogP) is 5.86. The zero-order valence-corrected chi connectivity index (χ0v) is 19.5. The van der Waals surface area contributed by atoms with Gasteiger partial charge in [0.15, 0.2) is 0 Å². The third-order valence-corrected chi connectivity index (χ3v) is 5.58. The first-order valence-corrected chi connectivity index (χ1v) is 10.7. The summed E-state index contributed by atoms with van der Waals surface area (Å²) in [6.07, 6.45) is -4.11. The Morgan fingerprint density at radius 2 is 1.17 bits per heavy atom. The first-order chi connectivity index (χ1) is 17.2. The van der Waals surface area contributed by atoms with Gasteiger partial charge in [-0.25, -0.2) is 0 Å². The molecule has 1 unspecified atom stereocenters. The van der Waals surface area contributed by atoms with Gasteiger partial charge in [0.2, 0.25) is 0 Å². The minimum atomic E-state index is -4.35. The molecule has 0 N–H and O–H groups in total. The normalized spacial score (nSPS) is 15.0. The number of anilines is 2. The van der Waals surface area contributed by atoms with Crippen molar-refractivity contribution in [2.75, 3.05) is 16.3 Å². The summed E-state index contributed by atoms with van der Waals surface area (Å²) in [5.74, 6) is 0. The molecule has 6 nitrogen and oxygen atoms in total. The monoisotopic (exact) mass is 496 g/mol. The molecular formula is C27H23F3N2O4. The fourth-order valence-electron chi connectivity index (χ4n) is 3.93. The number of allylic oxidation sites excluding steroid dienone is 1. The minimum Gasteiger partial charge on any atom is -0.343 e. The van der Waals surface area contributed by atoms with Crippen LogP contribution in [0.5, 0.6) is 0 Å². The maximum Gasteiger partial charge on any atom is 0.416 e. The van der Waals surface area contributed by atoms with Crippen LogP contribution in [0.25, 0.3) is 0 Å². The fourth-order valence-corrected chi connectivity index (χ4v) is 3.93. The van der Waals surface area contributed by atoms with Gasteiger partial charge in [0.1, 0.15) is 6.17 Å². The van der Waals surface area contributed by atoms with Gasteiger partial charge in [-0.05, 0) is 61.4 Å². The van der Waals surface area contributed by atoms with E-state index in [1.807, 2.05) is 60.7 Å². The number of halogens is 3. The third-order valence-electron chi connectivity index (χ3n) is 5.58. The summed E-state index contributed by atoms with van der Waals surface area (Å²) in [5, 5.41) is 0. The molecule has 0 amide bonds. The van der Waals surface area contributed by atoms with Crippen molar-refractivity contribution < 1.29 is 32.3 Å². The van der Waals surface area contributed by atoms with E-state index >= 15 is 0 Å². The van der Waals surface area contributed by atoms with E-state index in [1.54, 1.807) is 12.1 Å². The standard InChI is InChI=1S/C25H23F3N2.2CO2/c1-18-17-29(22-9-5-3-6-10-22)24(20-13-15-21(16-14-20)25(26,27)28)30(19(18)2)23-11-7-4-8-12-23;2*2-1-3/h3-16,24H,17H2,1-2H3;;. The molecule has 0 radical (unpaired) electrons. The molecule has 0 aliphatic carbocycles. The van der Waals surface area contributed by atoms with E-state index in [0.29, 0.717) is 6.54 Å². The topological polar surface area (TPSA) is 74.8 Å². The predicted molar refractivity (Wildman–Crippen MR) is 125 cm³/mol. The maximum atomic E-state index is 13.1. The zero-order chi connectivity index (χ0) is 26.7. The Kier molecular flexibility index (Phi) is 9.93. The SMILES string of the molecule is CC1=C(C)N(c2ccccc2)C(c2ccc(C(F)(F)F)cc2)N(c2ccccc2)C1.O=C=O.O=C=O. The average Bonchev–Trinajstić information content (AvgIpc) is 2.87. The minimum absolute atomic E-state index is 0.250. The summed E-state index contributed by atoms with van der Waals surface area (Å²) in [4.78, 5) is 36.9. The van der Waals surface area contributed by atoms with Gasteiger partial charge in [-0.15, -0.1) is 0 Å². The highest BCUT2D eigenvalue weighted by atomic mass is 19.4. The van der Waals surface area contributed by atoms with Crippen molar-refractivity contribution in [2.45, 2.75) is 26.2 Å². The first-order valence-electron chi connectivity index (χ1n) is 10.7. The highest BCUT2D eigenvalue weighted by Gasteiger charge is 2.35. The second-order valence-corrected chi connectivity index (χ2v) is 7.69. The molecule has 1 atom stereocenters. The van der Waals surface area contributed by atoms with Crippen LogP contribution in [0.15, 0.2) is 96.2 Å². The molecule has 1 aliphatic heterocycles. The molecule has 3 aromatic carbocycles. The van der Waals surface area contributed by atoms with Gasteiger partial charge in [0.25, 0.3) is 0 Å². The number of carbonyl (C=O) groups excluding carboxylic acids is 4. The zero-order valence-electron chi connectivity index (χ0n) is 19.5.